The van der Waals surface area contributed by atoms with Crippen LogP contribution in [0, 0.1) is 6.92 Å². The molecule has 0 unspecified atom stereocenters. The smallest absolute Gasteiger partial charge is 0.137 e. The van der Waals surface area contributed by atoms with Crippen LogP contribution in [0.5, 0.6) is 0 Å². The van der Waals surface area contributed by atoms with Crippen molar-refractivity contribution in [1.82, 2.24) is 24.1 Å². The van der Waals surface area contributed by atoms with Crippen LogP contribution in [0.4, 0.5) is 0 Å². The van der Waals surface area contributed by atoms with E-state index in [9.17, 15) is 0 Å². The molecule has 3 aromatic rings. The second kappa shape index (κ2) is 5.57. The van der Waals surface area contributed by atoms with Crippen molar-refractivity contribution in [2.75, 3.05) is 6.54 Å². The first-order valence-corrected chi connectivity index (χ1v) is 7.94. The van der Waals surface area contributed by atoms with Crippen molar-refractivity contribution < 1.29 is 0 Å². The molecule has 114 valence electrons. The van der Waals surface area contributed by atoms with Crippen molar-refractivity contribution in [3.63, 3.8) is 0 Å². The average Bonchev–Trinajstić information content (AvgIpc) is 3.20. The van der Waals surface area contributed by atoms with Crippen LogP contribution in [0.25, 0.3) is 5.65 Å². The second-order valence-electron chi connectivity index (χ2n) is 6.20. The molecule has 0 saturated carbocycles. The number of aryl methyl sites for hydroxylation is 1. The van der Waals surface area contributed by atoms with Gasteiger partial charge in [-0.15, -0.1) is 0 Å². The topological polar surface area (TPSA) is 38.4 Å². The summed E-state index contributed by atoms with van der Waals surface area (Å²) >= 11 is 0. The molecule has 0 bridgehead atoms. The Labute approximate surface area is 130 Å². The van der Waals surface area contributed by atoms with E-state index in [4.69, 9.17) is 4.98 Å². The van der Waals surface area contributed by atoms with E-state index in [0.717, 1.165) is 31.0 Å². The molecule has 22 heavy (non-hydrogen) atoms. The van der Waals surface area contributed by atoms with E-state index in [1.165, 1.54) is 18.4 Å². The predicted molar refractivity (Wildman–Crippen MR) is 85.6 cm³/mol. The molecule has 0 aliphatic carbocycles. The zero-order valence-corrected chi connectivity index (χ0v) is 12.9. The Morgan fingerprint density at radius 1 is 1.27 bits per heavy atom. The summed E-state index contributed by atoms with van der Waals surface area (Å²) < 4.78 is 4.17. The number of hydrogen-bond acceptors (Lipinski definition) is 3. The summed E-state index contributed by atoms with van der Waals surface area (Å²) in [5, 5.41) is 4.43. The van der Waals surface area contributed by atoms with Gasteiger partial charge in [-0.2, -0.15) is 5.10 Å². The lowest BCUT2D eigenvalue weighted by Gasteiger charge is -2.23. The van der Waals surface area contributed by atoms with E-state index < -0.39 is 0 Å². The highest BCUT2D eigenvalue weighted by molar-refractivity contribution is 5.39. The van der Waals surface area contributed by atoms with E-state index in [1.807, 2.05) is 18.3 Å². The molecule has 5 heteroatoms. The summed E-state index contributed by atoms with van der Waals surface area (Å²) in [4.78, 5) is 7.26. The lowest BCUT2D eigenvalue weighted by Crippen LogP contribution is -2.32. The van der Waals surface area contributed by atoms with Crippen LogP contribution >= 0.6 is 0 Å². The molecule has 4 heterocycles. The summed E-state index contributed by atoms with van der Waals surface area (Å²) in [5.74, 6) is 0. The van der Waals surface area contributed by atoms with Gasteiger partial charge in [0.2, 0.25) is 0 Å². The molecule has 5 nitrogen and oxygen atoms in total. The van der Waals surface area contributed by atoms with E-state index in [0.29, 0.717) is 6.04 Å². The Hall–Kier alpha value is -2.14. The molecule has 4 rings (SSSR count). The quantitative estimate of drug-likeness (QED) is 0.742. The Kier molecular flexibility index (Phi) is 3.42. The molecule has 0 spiro atoms. The first-order valence-electron chi connectivity index (χ1n) is 7.94. The Balaban J connectivity index is 1.48. The molecule has 1 aliphatic heterocycles. The highest BCUT2D eigenvalue weighted by Crippen LogP contribution is 2.21. The van der Waals surface area contributed by atoms with Gasteiger partial charge >= 0.3 is 0 Å². The number of aromatic nitrogens is 4. The van der Waals surface area contributed by atoms with Crippen molar-refractivity contribution in [1.29, 1.82) is 0 Å². The van der Waals surface area contributed by atoms with Gasteiger partial charge in [-0.1, -0.05) is 6.07 Å². The minimum Gasteiger partial charge on any atom is -0.307 e. The number of pyridine rings is 1. The summed E-state index contributed by atoms with van der Waals surface area (Å²) in [7, 11) is 0. The monoisotopic (exact) mass is 295 g/mol. The van der Waals surface area contributed by atoms with Gasteiger partial charge in [0.1, 0.15) is 5.65 Å². The molecular formula is C17H21N5. The second-order valence-corrected chi connectivity index (χ2v) is 6.20. The van der Waals surface area contributed by atoms with Crippen molar-refractivity contribution in [3.8, 4) is 0 Å². The molecule has 1 saturated heterocycles. The molecule has 1 aliphatic rings. The van der Waals surface area contributed by atoms with Crippen molar-refractivity contribution in [3.05, 3.63) is 54.2 Å². The van der Waals surface area contributed by atoms with Crippen molar-refractivity contribution in [2.24, 2.45) is 0 Å². The van der Waals surface area contributed by atoms with Crippen LogP contribution < -0.4 is 0 Å². The maximum atomic E-state index is 4.72. The van der Waals surface area contributed by atoms with Gasteiger partial charge in [0.25, 0.3) is 0 Å². The molecular weight excluding hydrogens is 274 g/mol. The fourth-order valence-electron chi connectivity index (χ4n) is 3.36. The lowest BCUT2D eigenvalue weighted by atomic mass is 10.2. The van der Waals surface area contributed by atoms with E-state index in [2.05, 4.69) is 50.7 Å². The highest BCUT2D eigenvalue weighted by atomic mass is 15.3. The van der Waals surface area contributed by atoms with Crippen molar-refractivity contribution >= 4 is 5.65 Å². The maximum Gasteiger partial charge on any atom is 0.137 e. The minimum absolute atomic E-state index is 0.559. The summed E-state index contributed by atoms with van der Waals surface area (Å²) in [5.41, 5.74) is 3.40. The van der Waals surface area contributed by atoms with Crippen molar-refractivity contribution in [2.45, 2.75) is 38.9 Å². The number of rotatable bonds is 4. The average molecular weight is 295 g/mol. The molecule has 3 aromatic heterocycles. The predicted octanol–water partition coefficient (Wildman–Crippen LogP) is 2.50. The molecule has 0 aromatic carbocycles. The van der Waals surface area contributed by atoms with Gasteiger partial charge in [0.15, 0.2) is 0 Å². The maximum absolute atomic E-state index is 4.72. The molecule has 0 radical (unpaired) electrons. The van der Waals surface area contributed by atoms with Gasteiger partial charge in [-0.25, -0.2) is 4.98 Å². The number of fused-ring (bicyclic) bond motifs is 1. The van der Waals surface area contributed by atoms with E-state index >= 15 is 0 Å². The standard InChI is InChI=1S/C17H21N5/c1-14-9-18-22(10-14)13-16-5-4-8-20(16)11-15-12-21-7-3-2-6-17(21)19-15/h2-3,6-7,9-10,12,16H,4-5,8,11,13H2,1H3/t16-/m1/s1. The van der Waals surface area contributed by atoms with Crippen LogP contribution in [-0.2, 0) is 13.1 Å². The van der Waals surface area contributed by atoms with Crippen LogP contribution in [0.1, 0.15) is 24.1 Å². The van der Waals surface area contributed by atoms with E-state index in [1.54, 1.807) is 0 Å². The third kappa shape index (κ3) is 2.64. The van der Waals surface area contributed by atoms with Gasteiger partial charge < -0.3 is 4.40 Å². The Morgan fingerprint density at radius 2 is 2.23 bits per heavy atom. The number of nitrogens with zero attached hydrogens (tertiary/aromatic N) is 5. The molecule has 0 amide bonds. The van der Waals surface area contributed by atoms with Gasteiger partial charge in [-0.3, -0.25) is 9.58 Å². The summed E-state index contributed by atoms with van der Waals surface area (Å²) in [6, 6.07) is 6.68. The fourth-order valence-corrected chi connectivity index (χ4v) is 3.36. The number of likely N-dealkylation sites (tertiary alicyclic amines) is 1. The third-order valence-corrected chi connectivity index (χ3v) is 4.44. The highest BCUT2D eigenvalue weighted by Gasteiger charge is 2.25. The zero-order valence-electron chi connectivity index (χ0n) is 12.9. The fraction of sp³-hybridized carbons (Fsp3) is 0.412. The normalized spacial score (nSPS) is 19.2. The van der Waals surface area contributed by atoms with Gasteiger partial charge in [0.05, 0.1) is 18.4 Å². The first kappa shape index (κ1) is 13.5. The SMILES string of the molecule is Cc1cnn(C[C@H]2CCCN2Cc2cn3ccccc3n2)c1. The Morgan fingerprint density at radius 3 is 3.05 bits per heavy atom. The summed E-state index contributed by atoms with van der Waals surface area (Å²) in [6.07, 6.45) is 10.8. The molecule has 1 fully saturated rings. The van der Waals surface area contributed by atoms with E-state index in [-0.39, 0.29) is 0 Å². The van der Waals surface area contributed by atoms with Crippen LogP contribution in [0.3, 0.4) is 0 Å². The molecule has 1 atom stereocenters. The first-order chi connectivity index (χ1) is 10.8. The van der Waals surface area contributed by atoms with Gasteiger partial charge in [-0.05, 0) is 44.0 Å². The largest absolute Gasteiger partial charge is 0.307 e. The van der Waals surface area contributed by atoms with Crippen LogP contribution in [-0.4, -0.2) is 36.7 Å². The van der Waals surface area contributed by atoms with Crippen LogP contribution in [0.2, 0.25) is 0 Å². The van der Waals surface area contributed by atoms with Gasteiger partial charge in [0, 0.05) is 31.2 Å². The minimum atomic E-state index is 0.559. The zero-order chi connectivity index (χ0) is 14.9. The number of imidazole rings is 1. The summed E-state index contributed by atoms with van der Waals surface area (Å²) in [6.45, 7) is 5.14. The Bertz CT molecular complexity index is 739. The molecule has 0 N–H and O–H groups in total. The van der Waals surface area contributed by atoms with Crippen LogP contribution in [0.15, 0.2) is 43.0 Å². The number of hydrogen-bond donors (Lipinski definition) is 0. The lowest BCUT2D eigenvalue weighted by molar-refractivity contribution is 0.217. The third-order valence-electron chi connectivity index (χ3n) is 4.44.